The Labute approximate surface area is 159 Å². The molecule has 0 spiro atoms. The molecule has 4 rings (SSSR count). The lowest BCUT2D eigenvalue weighted by atomic mass is 10.0. The minimum absolute atomic E-state index is 0.104. The van der Waals surface area contributed by atoms with Crippen molar-refractivity contribution < 1.29 is 14.3 Å². The van der Waals surface area contributed by atoms with Crippen molar-refractivity contribution in [1.29, 1.82) is 0 Å². The summed E-state index contributed by atoms with van der Waals surface area (Å²) in [6.45, 7) is 4.34. The molecule has 2 aliphatic rings. The summed E-state index contributed by atoms with van der Waals surface area (Å²) >= 11 is 0. The number of urea groups is 1. The van der Waals surface area contributed by atoms with E-state index in [1.165, 1.54) is 0 Å². The van der Waals surface area contributed by atoms with Crippen LogP contribution in [-0.4, -0.2) is 34.8 Å². The van der Waals surface area contributed by atoms with E-state index in [0.717, 1.165) is 61.7 Å². The molecule has 1 aromatic heterocycles. The zero-order valence-electron chi connectivity index (χ0n) is 15.6. The number of aryl methyl sites for hydroxylation is 2. The highest BCUT2D eigenvalue weighted by Gasteiger charge is 2.31. The lowest BCUT2D eigenvalue weighted by Gasteiger charge is -2.32. The first-order valence-corrected chi connectivity index (χ1v) is 9.70. The van der Waals surface area contributed by atoms with E-state index in [4.69, 9.17) is 9.47 Å². The highest BCUT2D eigenvalue weighted by atomic mass is 16.5. The summed E-state index contributed by atoms with van der Waals surface area (Å²) in [7, 11) is 0. The van der Waals surface area contributed by atoms with E-state index in [-0.39, 0.29) is 18.2 Å². The Morgan fingerprint density at radius 2 is 2.26 bits per heavy atom. The van der Waals surface area contributed by atoms with Gasteiger partial charge in [0.25, 0.3) is 0 Å². The highest BCUT2D eigenvalue weighted by Crippen LogP contribution is 2.29. The summed E-state index contributed by atoms with van der Waals surface area (Å²) < 4.78 is 13.7. The molecule has 3 heterocycles. The topological polar surface area (TPSA) is 77.4 Å². The normalized spacial score (nSPS) is 21.8. The Morgan fingerprint density at radius 3 is 3.15 bits per heavy atom. The third-order valence-corrected chi connectivity index (χ3v) is 5.15. The SMILES string of the molecule is CCn1ccnc1[C@H]1OCCC[C@@H]1NC(=O)Nc1ccc2c(c1)CCCO2. The van der Waals surface area contributed by atoms with Gasteiger partial charge >= 0.3 is 6.03 Å². The van der Waals surface area contributed by atoms with Crippen LogP contribution in [0.2, 0.25) is 0 Å². The molecule has 1 fully saturated rings. The summed E-state index contributed by atoms with van der Waals surface area (Å²) in [5.74, 6) is 1.78. The Kier molecular flexibility index (Phi) is 5.29. The van der Waals surface area contributed by atoms with Crippen molar-refractivity contribution in [2.75, 3.05) is 18.5 Å². The molecule has 0 bridgehead atoms. The number of benzene rings is 1. The van der Waals surface area contributed by atoms with Gasteiger partial charge in [-0.3, -0.25) is 0 Å². The van der Waals surface area contributed by atoms with Crippen LogP contribution in [-0.2, 0) is 17.7 Å². The minimum Gasteiger partial charge on any atom is -0.493 e. The van der Waals surface area contributed by atoms with Crippen LogP contribution in [0.3, 0.4) is 0 Å². The monoisotopic (exact) mass is 370 g/mol. The molecule has 27 heavy (non-hydrogen) atoms. The molecule has 0 unspecified atom stereocenters. The number of anilines is 1. The number of fused-ring (bicyclic) bond motifs is 1. The van der Waals surface area contributed by atoms with Crippen LogP contribution < -0.4 is 15.4 Å². The van der Waals surface area contributed by atoms with Gasteiger partial charge in [-0.25, -0.2) is 9.78 Å². The second-order valence-electron chi connectivity index (χ2n) is 6.98. The number of carbonyl (C=O) groups is 1. The van der Waals surface area contributed by atoms with Crippen molar-refractivity contribution in [2.45, 2.75) is 51.3 Å². The second-order valence-corrected chi connectivity index (χ2v) is 6.98. The molecule has 2 aliphatic heterocycles. The lowest BCUT2D eigenvalue weighted by Crippen LogP contribution is -2.45. The van der Waals surface area contributed by atoms with Gasteiger partial charge in [0.05, 0.1) is 12.6 Å². The van der Waals surface area contributed by atoms with Crippen LogP contribution in [0.5, 0.6) is 5.75 Å². The Bertz CT molecular complexity index is 804. The quantitative estimate of drug-likeness (QED) is 0.866. The second kappa shape index (κ2) is 8.00. The van der Waals surface area contributed by atoms with Crippen molar-refractivity contribution in [1.82, 2.24) is 14.9 Å². The van der Waals surface area contributed by atoms with Gasteiger partial charge in [-0.15, -0.1) is 0 Å². The van der Waals surface area contributed by atoms with Crippen LogP contribution in [0.15, 0.2) is 30.6 Å². The first-order chi connectivity index (χ1) is 13.2. The standard InChI is InChI=1S/C20H26N4O3/c1-2-24-10-9-21-19(24)18-16(6-4-12-27-18)23-20(25)22-15-7-8-17-14(13-15)5-3-11-26-17/h7-10,13,16,18H,2-6,11-12H2,1H3,(H2,22,23,25)/t16-,18-/m0/s1. The number of nitrogens with one attached hydrogen (secondary N) is 2. The highest BCUT2D eigenvalue weighted by molar-refractivity contribution is 5.89. The van der Waals surface area contributed by atoms with E-state index in [1.54, 1.807) is 6.20 Å². The number of carbonyl (C=O) groups excluding carboxylic acids is 1. The van der Waals surface area contributed by atoms with E-state index in [2.05, 4.69) is 27.1 Å². The zero-order chi connectivity index (χ0) is 18.6. The average Bonchev–Trinajstić information content (AvgIpc) is 3.17. The Hall–Kier alpha value is -2.54. The van der Waals surface area contributed by atoms with Gasteiger partial charge in [-0.05, 0) is 56.4 Å². The van der Waals surface area contributed by atoms with E-state index in [0.29, 0.717) is 6.61 Å². The first kappa shape index (κ1) is 17.9. The summed E-state index contributed by atoms with van der Waals surface area (Å²) in [4.78, 5) is 17.0. The number of ether oxygens (including phenoxy) is 2. The molecule has 0 aliphatic carbocycles. The van der Waals surface area contributed by atoms with Gasteiger partial charge in [0.1, 0.15) is 17.7 Å². The fourth-order valence-electron chi connectivity index (χ4n) is 3.80. The van der Waals surface area contributed by atoms with E-state index >= 15 is 0 Å². The molecule has 2 N–H and O–H groups in total. The van der Waals surface area contributed by atoms with Gasteiger partial charge in [0, 0.05) is 31.2 Å². The van der Waals surface area contributed by atoms with Crippen molar-refractivity contribution >= 4 is 11.7 Å². The van der Waals surface area contributed by atoms with Crippen LogP contribution >= 0.6 is 0 Å². The summed E-state index contributed by atoms with van der Waals surface area (Å²) in [6, 6.07) is 5.47. The fourth-order valence-corrected chi connectivity index (χ4v) is 3.80. The molecule has 0 radical (unpaired) electrons. The maximum atomic E-state index is 12.6. The van der Waals surface area contributed by atoms with Crippen LogP contribution in [0.25, 0.3) is 0 Å². The van der Waals surface area contributed by atoms with E-state index in [9.17, 15) is 4.79 Å². The van der Waals surface area contributed by atoms with Crippen LogP contribution in [0, 0.1) is 0 Å². The predicted octanol–water partition coefficient (Wildman–Crippen LogP) is 3.27. The van der Waals surface area contributed by atoms with E-state index in [1.807, 2.05) is 24.4 Å². The van der Waals surface area contributed by atoms with Crippen LogP contribution in [0.4, 0.5) is 10.5 Å². The van der Waals surface area contributed by atoms with Gasteiger partial charge in [0.2, 0.25) is 0 Å². The largest absolute Gasteiger partial charge is 0.493 e. The summed E-state index contributed by atoms with van der Waals surface area (Å²) in [6.07, 6.45) is 7.27. The van der Waals surface area contributed by atoms with Crippen molar-refractivity contribution in [3.05, 3.63) is 42.0 Å². The predicted molar refractivity (Wildman–Crippen MR) is 102 cm³/mol. The molecular weight excluding hydrogens is 344 g/mol. The van der Waals surface area contributed by atoms with Gasteiger partial charge in [-0.2, -0.15) is 0 Å². The van der Waals surface area contributed by atoms with Crippen molar-refractivity contribution in [3.63, 3.8) is 0 Å². The van der Waals surface area contributed by atoms with Gasteiger partial charge in [0.15, 0.2) is 0 Å². The number of aromatic nitrogens is 2. The van der Waals surface area contributed by atoms with Gasteiger partial charge in [-0.1, -0.05) is 0 Å². The molecule has 2 aromatic rings. The number of hydrogen-bond acceptors (Lipinski definition) is 4. The fraction of sp³-hybridized carbons (Fsp3) is 0.500. The number of rotatable bonds is 4. The van der Waals surface area contributed by atoms with Crippen LogP contribution in [0.1, 0.15) is 43.7 Å². The molecule has 1 saturated heterocycles. The third kappa shape index (κ3) is 3.93. The molecule has 2 atom stereocenters. The third-order valence-electron chi connectivity index (χ3n) is 5.15. The zero-order valence-corrected chi connectivity index (χ0v) is 15.6. The summed E-state index contributed by atoms with van der Waals surface area (Å²) in [5.41, 5.74) is 1.92. The lowest BCUT2D eigenvalue weighted by molar-refractivity contribution is -0.0140. The minimum atomic E-state index is -0.226. The molecule has 144 valence electrons. The summed E-state index contributed by atoms with van der Waals surface area (Å²) in [5, 5.41) is 6.02. The smallest absolute Gasteiger partial charge is 0.319 e. The number of hydrogen-bond donors (Lipinski definition) is 2. The molecule has 7 heteroatoms. The van der Waals surface area contributed by atoms with E-state index < -0.39 is 0 Å². The van der Waals surface area contributed by atoms with Gasteiger partial charge < -0.3 is 24.7 Å². The maximum absolute atomic E-state index is 12.6. The molecule has 0 saturated carbocycles. The average molecular weight is 370 g/mol. The number of amides is 2. The first-order valence-electron chi connectivity index (χ1n) is 9.70. The van der Waals surface area contributed by atoms with Crippen molar-refractivity contribution in [3.8, 4) is 5.75 Å². The molecular formula is C20H26N4O3. The molecule has 7 nitrogen and oxygen atoms in total. The number of imidazole rings is 1. The Morgan fingerprint density at radius 1 is 1.33 bits per heavy atom. The Balaban J connectivity index is 1.43. The molecule has 2 amide bonds. The van der Waals surface area contributed by atoms with Crippen molar-refractivity contribution in [2.24, 2.45) is 0 Å². The number of nitrogens with zero attached hydrogens (tertiary/aromatic N) is 2. The molecule has 1 aromatic carbocycles. The maximum Gasteiger partial charge on any atom is 0.319 e.